The molecule has 0 unspecified atom stereocenters. The Kier molecular flexibility index (Phi) is 4.65. The third-order valence-corrected chi connectivity index (χ3v) is 3.47. The number of halogens is 2. The van der Waals surface area contributed by atoms with Crippen molar-refractivity contribution in [2.75, 3.05) is 13.1 Å². The van der Waals surface area contributed by atoms with Crippen LogP contribution in [0.5, 0.6) is 0 Å². The summed E-state index contributed by atoms with van der Waals surface area (Å²) < 4.78 is 19.2. The zero-order valence-corrected chi connectivity index (χ0v) is 12.1. The van der Waals surface area contributed by atoms with Crippen LogP contribution >= 0.6 is 12.4 Å². The molecule has 1 aliphatic heterocycles. The van der Waals surface area contributed by atoms with Gasteiger partial charge in [0.2, 0.25) is 0 Å². The predicted octanol–water partition coefficient (Wildman–Crippen LogP) is 2.68. The van der Waals surface area contributed by atoms with Crippen LogP contribution in [0.4, 0.5) is 4.39 Å². The first-order valence-electron chi connectivity index (χ1n) is 6.55. The Labute approximate surface area is 128 Å². The van der Waals surface area contributed by atoms with Crippen LogP contribution in [0.15, 0.2) is 40.8 Å². The molecule has 2 aromatic rings. The van der Waals surface area contributed by atoms with Gasteiger partial charge in [-0.3, -0.25) is 4.79 Å². The molecule has 21 heavy (non-hydrogen) atoms. The van der Waals surface area contributed by atoms with Crippen LogP contribution in [-0.2, 0) is 0 Å². The number of hydrogen-bond donors (Lipinski definition) is 1. The number of likely N-dealkylation sites (tertiary alicyclic amines) is 1. The van der Waals surface area contributed by atoms with Crippen LogP contribution < -0.4 is 5.73 Å². The van der Waals surface area contributed by atoms with Crippen LogP contribution in [0.3, 0.4) is 0 Å². The van der Waals surface area contributed by atoms with Gasteiger partial charge in [-0.1, -0.05) is 12.1 Å². The Balaban J connectivity index is 0.00000161. The Bertz CT molecular complexity index is 644. The van der Waals surface area contributed by atoms with E-state index in [0.717, 1.165) is 6.42 Å². The second-order valence-corrected chi connectivity index (χ2v) is 4.94. The van der Waals surface area contributed by atoms with Gasteiger partial charge in [0.25, 0.3) is 5.91 Å². The maximum Gasteiger partial charge on any atom is 0.289 e. The van der Waals surface area contributed by atoms with Crippen LogP contribution in [0.1, 0.15) is 17.0 Å². The van der Waals surface area contributed by atoms with Crippen molar-refractivity contribution in [2.45, 2.75) is 12.5 Å². The average molecular weight is 311 g/mol. The molecule has 3 rings (SSSR count). The summed E-state index contributed by atoms with van der Waals surface area (Å²) in [5.41, 5.74) is 6.13. The molecule has 1 aromatic heterocycles. The lowest BCUT2D eigenvalue weighted by Gasteiger charge is -2.13. The van der Waals surface area contributed by atoms with Gasteiger partial charge in [-0.05, 0) is 30.7 Å². The van der Waals surface area contributed by atoms with Crippen molar-refractivity contribution in [1.29, 1.82) is 0 Å². The molecule has 1 amide bonds. The summed E-state index contributed by atoms with van der Waals surface area (Å²) in [6.45, 7) is 1.17. The molecule has 2 N–H and O–H groups in total. The lowest BCUT2D eigenvalue weighted by atomic mass is 10.1. The molecule has 4 nitrogen and oxygen atoms in total. The molecule has 0 spiro atoms. The molecule has 2 heterocycles. The van der Waals surface area contributed by atoms with Gasteiger partial charge in [0.15, 0.2) is 5.76 Å². The first-order chi connectivity index (χ1) is 9.65. The first kappa shape index (κ1) is 15.5. The van der Waals surface area contributed by atoms with E-state index in [1.54, 1.807) is 35.2 Å². The SMILES string of the molecule is Cl.N[C@@H]1CCN(C(=O)c2ccc(-c3ccccc3F)o2)C1. The van der Waals surface area contributed by atoms with Crippen LogP contribution in [0, 0.1) is 5.82 Å². The van der Waals surface area contributed by atoms with E-state index in [9.17, 15) is 9.18 Å². The summed E-state index contributed by atoms with van der Waals surface area (Å²) in [6, 6.07) is 9.53. The molecular weight excluding hydrogens is 295 g/mol. The fourth-order valence-electron chi connectivity index (χ4n) is 2.39. The second-order valence-electron chi connectivity index (χ2n) is 4.94. The minimum absolute atomic E-state index is 0. The summed E-state index contributed by atoms with van der Waals surface area (Å²) in [7, 11) is 0. The zero-order valence-electron chi connectivity index (χ0n) is 11.3. The van der Waals surface area contributed by atoms with Crippen molar-refractivity contribution >= 4 is 18.3 Å². The smallest absolute Gasteiger partial charge is 0.289 e. The number of nitrogens with zero attached hydrogens (tertiary/aromatic N) is 1. The van der Waals surface area contributed by atoms with Gasteiger partial charge < -0.3 is 15.1 Å². The van der Waals surface area contributed by atoms with E-state index >= 15 is 0 Å². The lowest BCUT2D eigenvalue weighted by molar-refractivity contribution is 0.0760. The summed E-state index contributed by atoms with van der Waals surface area (Å²) in [5.74, 6) is 0.0110. The minimum Gasteiger partial charge on any atom is -0.451 e. The third-order valence-electron chi connectivity index (χ3n) is 3.47. The Hall–Kier alpha value is -1.85. The van der Waals surface area contributed by atoms with Gasteiger partial charge in [0.1, 0.15) is 11.6 Å². The molecule has 112 valence electrons. The zero-order chi connectivity index (χ0) is 14.1. The molecule has 0 bridgehead atoms. The minimum atomic E-state index is -0.371. The molecule has 0 radical (unpaired) electrons. The number of furan rings is 1. The average Bonchev–Trinajstić information content (AvgIpc) is 3.07. The van der Waals surface area contributed by atoms with Crippen molar-refractivity contribution < 1.29 is 13.6 Å². The summed E-state index contributed by atoms with van der Waals surface area (Å²) in [5, 5.41) is 0. The monoisotopic (exact) mass is 310 g/mol. The highest BCUT2D eigenvalue weighted by Gasteiger charge is 2.26. The van der Waals surface area contributed by atoms with E-state index in [1.807, 2.05) is 0 Å². The van der Waals surface area contributed by atoms with E-state index in [-0.39, 0.29) is 35.9 Å². The Morgan fingerprint density at radius 1 is 1.29 bits per heavy atom. The second kappa shape index (κ2) is 6.28. The molecular formula is C15H16ClFN2O2. The summed E-state index contributed by atoms with van der Waals surface area (Å²) in [4.78, 5) is 13.9. The van der Waals surface area contributed by atoms with Gasteiger partial charge in [-0.15, -0.1) is 12.4 Å². The molecule has 1 atom stereocenters. The van der Waals surface area contributed by atoms with Crippen molar-refractivity contribution in [3.8, 4) is 11.3 Å². The number of carbonyl (C=O) groups is 1. The van der Waals surface area contributed by atoms with E-state index in [2.05, 4.69) is 0 Å². The van der Waals surface area contributed by atoms with Crippen molar-refractivity contribution in [2.24, 2.45) is 5.73 Å². The molecule has 0 aliphatic carbocycles. The number of carbonyl (C=O) groups excluding carboxylic acids is 1. The van der Waals surface area contributed by atoms with Crippen LogP contribution in [-0.4, -0.2) is 29.9 Å². The maximum absolute atomic E-state index is 13.7. The fourth-order valence-corrected chi connectivity index (χ4v) is 2.39. The van der Waals surface area contributed by atoms with Gasteiger partial charge in [-0.2, -0.15) is 0 Å². The van der Waals surface area contributed by atoms with E-state index in [1.165, 1.54) is 6.07 Å². The van der Waals surface area contributed by atoms with E-state index < -0.39 is 0 Å². The molecule has 1 fully saturated rings. The van der Waals surface area contributed by atoms with E-state index in [4.69, 9.17) is 10.2 Å². The molecule has 1 aromatic carbocycles. The predicted molar refractivity (Wildman–Crippen MR) is 79.8 cm³/mol. The topological polar surface area (TPSA) is 59.5 Å². The van der Waals surface area contributed by atoms with Gasteiger partial charge in [-0.25, -0.2) is 4.39 Å². The number of benzene rings is 1. The summed E-state index contributed by atoms with van der Waals surface area (Å²) >= 11 is 0. The lowest BCUT2D eigenvalue weighted by Crippen LogP contribution is -2.31. The van der Waals surface area contributed by atoms with Crippen molar-refractivity contribution in [1.82, 2.24) is 4.90 Å². The van der Waals surface area contributed by atoms with Crippen LogP contribution in [0.2, 0.25) is 0 Å². The number of hydrogen-bond acceptors (Lipinski definition) is 3. The largest absolute Gasteiger partial charge is 0.451 e. The Morgan fingerprint density at radius 3 is 2.71 bits per heavy atom. The highest BCUT2D eigenvalue weighted by molar-refractivity contribution is 5.92. The maximum atomic E-state index is 13.7. The molecule has 1 aliphatic rings. The highest BCUT2D eigenvalue weighted by atomic mass is 35.5. The number of nitrogens with two attached hydrogens (primary N) is 1. The highest BCUT2D eigenvalue weighted by Crippen LogP contribution is 2.25. The number of amides is 1. The number of rotatable bonds is 2. The van der Waals surface area contributed by atoms with E-state index in [0.29, 0.717) is 24.4 Å². The quantitative estimate of drug-likeness (QED) is 0.927. The van der Waals surface area contributed by atoms with Gasteiger partial charge in [0, 0.05) is 19.1 Å². The fraction of sp³-hybridized carbons (Fsp3) is 0.267. The molecule has 1 saturated heterocycles. The van der Waals surface area contributed by atoms with Crippen LogP contribution in [0.25, 0.3) is 11.3 Å². The van der Waals surface area contributed by atoms with Gasteiger partial charge >= 0.3 is 0 Å². The van der Waals surface area contributed by atoms with Gasteiger partial charge in [0.05, 0.1) is 5.56 Å². The first-order valence-corrected chi connectivity index (χ1v) is 6.55. The standard InChI is InChI=1S/C15H15FN2O2.ClH/c16-12-4-2-1-3-11(12)13-5-6-14(20-13)15(19)18-8-7-10(17)9-18;/h1-6,10H,7-9,17H2;1H/t10-;/m1./s1. The molecule has 0 saturated carbocycles. The third kappa shape index (κ3) is 3.09. The molecule has 6 heteroatoms. The van der Waals surface area contributed by atoms with Crippen molar-refractivity contribution in [3.05, 3.63) is 48.0 Å². The van der Waals surface area contributed by atoms with Crippen molar-refractivity contribution in [3.63, 3.8) is 0 Å². The Morgan fingerprint density at radius 2 is 2.05 bits per heavy atom. The normalized spacial score (nSPS) is 17.6. The summed E-state index contributed by atoms with van der Waals surface area (Å²) in [6.07, 6.45) is 0.798.